The van der Waals surface area contributed by atoms with Gasteiger partial charge in [-0.05, 0) is 42.6 Å². The van der Waals surface area contributed by atoms with Crippen LogP contribution in [-0.2, 0) is 4.79 Å². The van der Waals surface area contributed by atoms with Crippen molar-refractivity contribution >= 4 is 42.2 Å². The number of nitrogens with zero attached hydrogens (tertiary/aromatic N) is 3. The van der Waals surface area contributed by atoms with Gasteiger partial charge in [-0.15, -0.1) is 24.8 Å². The van der Waals surface area contributed by atoms with Crippen molar-refractivity contribution in [1.29, 1.82) is 0 Å². The van der Waals surface area contributed by atoms with Gasteiger partial charge in [0.2, 0.25) is 0 Å². The first-order valence-corrected chi connectivity index (χ1v) is 12.7. The number of ketones is 1. The normalized spacial score (nSPS) is 15.9. The number of carbonyl (C=O) groups excluding carboxylic acids is 2. The number of para-hydroxylation sites is 1. The van der Waals surface area contributed by atoms with Crippen molar-refractivity contribution in [1.82, 2.24) is 9.80 Å². The number of benzene rings is 3. The van der Waals surface area contributed by atoms with E-state index in [9.17, 15) is 9.59 Å². The number of unbranched alkanes of at least 4 members (excludes halogenated alkanes) is 2. The summed E-state index contributed by atoms with van der Waals surface area (Å²) in [6.45, 7) is 5.94. The standard InChI is InChI=1S/C30H33N3O2.2ClH/c34-29-26-16-8-9-17-27(26)33(30(29)35)19-11-3-10-18-31-20-22-32(23-21-31)28(24-12-4-1-5-13-24)25-14-6-2-7-15-25;;/h1-2,4-9,12-17,28H,3,10-11,18-23H2;2*1H. The van der Waals surface area contributed by atoms with Crippen LogP contribution in [0.4, 0.5) is 5.69 Å². The molecule has 2 aliphatic heterocycles. The highest BCUT2D eigenvalue weighted by Crippen LogP contribution is 2.30. The summed E-state index contributed by atoms with van der Waals surface area (Å²) < 4.78 is 0. The lowest BCUT2D eigenvalue weighted by atomic mass is 9.96. The van der Waals surface area contributed by atoms with Crippen molar-refractivity contribution in [2.24, 2.45) is 0 Å². The minimum Gasteiger partial charge on any atom is -0.305 e. The van der Waals surface area contributed by atoms with Crippen molar-refractivity contribution in [3.63, 3.8) is 0 Å². The molecule has 1 fully saturated rings. The summed E-state index contributed by atoms with van der Waals surface area (Å²) in [5, 5.41) is 0. The Balaban J connectivity index is 0.00000190. The molecule has 2 aliphatic rings. The van der Waals surface area contributed by atoms with E-state index in [4.69, 9.17) is 0 Å². The summed E-state index contributed by atoms with van der Waals surface area (Å²) in [5.41, 5.74) is 4.01. The van der Waals surface area contributed by atoms with Crippen LogP contribution in [0.25, 0.3) is 0 Å². The first-order valence-electron chi connectivity index (χ1n) is 12.7. The van der Waals surface area contributed by atoms with E-state index in [1.165, 1.54) is 11.1 Å². The Morgan fingerprint density at radius 3 is 1.78 bits per heavy atom. The van der Waals surface area contributed by atoms with Crippen LogP contribution >= 0.6 is 24.8 Å². The van der Waals surface area contributed by atoms with Crippen molar-refractivity contribution in [2.75, 3.05) is 44.2 Å². The summed E-state index contributed by atoms with van der Waals surface area (Å²) in [6, 6.07) is 29.2. The molecule has 196 valence electrons. The zero-order valence-corrected chi connectivity index (χ0v) is 22.6. The molecule has 3 aromatic rings. The third-order valence-corrected chi connectivity index (χ3v) is 7.24. The minimum atomic E-state index is -0.381. The van der Waals surface area contributed by atoms with Crippen LogP contribution in [0.5, 0.6) is 0 Å². The topological polar surface area (TPSA) is 43.9 Å². The number of piperazine rings is 1. The van der Waals surface area contributed by atoms with Gasteiger partial charge in [0.1, 0.15) is 0 Å². The zero-order valence-electron chi connectivity index (χ0n) is 21.0. The predicted octanol–water partition coefficient (Wildman–Crippen LogP) is 5.64. The van der Waals surface area contributed by atoms with E-state index < -0.39 is 0 Å². The summed E-state index contributed by atoms with van der Waals surface area (Å²) in [5.74, 6) is -0.753. The molecular weight excluding hydrogens is 505 g/mol. The van der Waals surface area contributed by atoms with E-state index in [1.54, 1.807) is 11.0 Å². The van der Waals surface area contributed by atoms with E-state index >= 15 is 0 Å². The molecule has 0 aromatic heterocycles. The SMILES string of the molecule is Cl.Cl.O=C1C(=O)N(CCCCCN2CCN(C(c3ccccc3)c3ccccc3)CC2)c2ccccc21. The summed E-state index contributed by atoms with van der Waals surface area (Å²) in [6.07, 6.45) is 3.08. The minimum absolute atomic E-state index is 0. The number of halogens is 2. The Labute approximate surface area is 232 Å². The van der Waals surface area contributed by atoms with Crippen molar-refractivity contribution in [3.8, 4) is 0 Å². The van der Waals surface area contributed by atoms with Crippen molar-refractivity contribution in [2.45, 2.75) is 25.3 Å². The molecule has 0 saturated carbocycles. The highest BCUT2D eigenvalue weighted by atomic mass is 35.5. The van der Waals surface area contributed by atoms with Crippen LogP contribution in [-0.4, -0.2) is 60.8 Å². The third kappa shape index (κ3) is 6.60. The van der Waals surface area contributed by atoms with Gasteiger partial charge in [-0.2, -0.15) is 0 Å². The monoisotopic (exact) mass is 539 g/mol. The van der Waals surface area contributed by atoms with Gasteiger partial charge in [0, 0.05) is 32.7 Å². The number of hydrogen-bond acceptors (Lipinski definition) is 4. The van der Waals surface area contributed by atoms with Gasteiger partial charge in [-0.3, -0.25) is 14.5 Å². The van der Waals surface area contributed by atoms with Gasteiger partial charge in [0.15, 0.2) is 0 Å². The summed E-state index contributed by atoms with van der Waals surface area (Å²) >= 11 is 0. The lowest BCUT2D eigenvalue weighted by Crippen LogP contribution is -2.48. The Morgan fingerprint density at radius 2 is 1.16 bits per heavy atom. The molecule has 7 heteroatoms. The maximum absolute atomic E-state index is 12.3. The maximum Gasteiger partial charge on any atom is 0.299 e. The van der Waals surface area contributed by atoms with Crippen molar-refractivity contribution in [3.05, 3.63) is 102 Å². The van der Waals surface area contributed by atoms with Crippen molar-refractivity contribution < 1.29 is 9.59 Å². The second kappa shape index (κ2) is 13.7. The fourth-order valence-corrected chi connectivity index (χ4v) is 5.38. The number of hydrogen-bond donors (Lipinski definition) is 0. The molecule has 0 spiro atoms. The lowest BCUT2D eigenvalue weighted by molar-refractivity contribution is -0.114. The molecule has 0 unspecified atom stereocenters. The average Bonchev–Trinajstić information content (AvgIpc) is 3.16. The van der Waals surface area contributed by atoms with Crippen LogP contribution in [0.15, 0.2) is 84.9 Å². The van der Waals surface area contributed by atoms with Gasteiger partial charge >= 0.3 is 0 Å². The average molecular weight is 541 g/mol. The molecule has 0 aliphatic carbocycles. The molecule has 5 nitrogen and oxygen atoms in total. The first-order chi connectivity index (χ1) is 17.2. The van der Waals surface area contributed by atoms with Gasteiger partial charge in [-0.1, -0.05) is 79.2 Å². The number of Topliss-reactive ketones (excluding diaryl/α,β-unsaturated/α-hetero) is 1. The van der Waals surface area contributed by atoms with Crippen LogP contribution in [0, 0.1) is 0 Å². The van der Waals surface area contributed by atoms with Crippen LogP contribution in [0.3, 0.4) is 0 Å². The predicted molar refractivity (Wildman–Crippen MR) is 154 cm³/mol. The first kappa shape index (κ1) is 28.9. The second-order valence-corrected chi connectivity index (χ2v) is 9.47. The van der Waals surface area contributed by atoms with Gasteiger partial charge < -0.3 is 9.80 Å². The number of rotatable bonds is 9. The Bertz CT molecular complexity index is 1110. The maximum atomic E-state index is 12.3. The highest BCUT2D eigenvalue weighted by Gasteiger charge is 2.34. The van der Waals surface area contributed by atoms with E-state index in [0.29, 0.717) is 18.2 Å². The molecule has 1 saturated heterocycles. The number of anilines is 1. The number of carbonyl (C=O) groups is 2. The largest absolute Gasteiger partial charge is 0.305 e. The Kier molecular flexibility index (Phi) is 10.7. The van der Waals surface area contributed by atoms with E-state index in [-0.39, 0.29) is 36.5 Å². The third-order valence-electron chi connectivity index (χ3n) is 7.24. The Morgan fingerprint density at radius 1 is 0.622 bits per heavy atom. The second-order valence-electron chi connectivity index (χ2n) is 9.47. The van der Waals surface area contributed by atoms with Crippen LogP contribution in [0.2, 0.25) is 0 Å². The fraction of sp³-hybridized carbons (Fsp3) is 0.333. The smallest absolute Gasteiger partial charge is 0.299 e. The van der Waals surface area contributed by atoms with E-state index in [2.05, 4.69) is 70.5 Å². The molecule has 0 N–H and O–H groups in total. The molecule has 37 heavy (non-hydrogen) atoms. The molecule has 1 amide bonds. The van der Waals surface area contributed by atoms with Gasteiger partial charge in [0.25, 0.3) is 11.7 Å². The molecule has 5 rings (SSSR count). The zero-order chi connectivity index (χ0) is 24.0. The van der Waals surface area contributed by atoms with E-state index in [1.807, 2.05) is 18.2 Å². The highest BCUT2D eigenvalue weighted by molar-refractivity contribution is 6.52. The van der Waals surface area contributed by atoms with Gasteiger partial charge in [-0.25, -0.2) is 0 Å². The quantitative estimate of drug-likeness (QED) is 0.261. The number of amides is 1. The van der Waals surface area contributed by atoms with Gasteiger partial charge in [0.05, 0.1) is 17.3 Å². The molecule has 2 heterocycles. The Hall–Kier alpha value is -2.70. The molecule has 3 aromatic carbocycles. The molecule has 0 atom stereocenters. The van der Waals surface area contributed by atoms with Crippen LogP contribution < -0.4 is 4.90 Å². The number of fused-ring (bicyclic) bond motifs is 1. The molecular formula is C30H35Cl2N3O2. The molecule has 0 bridgehead atoms. The fourth-order valence-electron chi connectivity index (χ4n) is 5.38. The lowest BCUT2D eigenvalue weighted by Gasteiger charge is -2.40. The van der Waals surface area contributed by atoms with E-state index in [0.717, 1.165) is 57.7 Å². The van der Waals surface area contributed by atoms with Crippen LogP contribution in [0.1, 0.15) is 46.8 Å². The summed E-state index contributed by atoms with van der Waals surface area (Å²) in [7, 11) is 0. The summed E-state index contributed by atoms with van der Waals surface area (Å²) in [4.78, 5) is 31.3. The molecule has 0 radical (unpaired) electrons.